The fraction of sp³-hybridized carbons (Fsp3) is 0.778. The van der Waals surface area contributed by atoms with E-state index in [0.29, 0.717) is 0 Å². The molecule has 68 valence electrons. The van der Waals surface area contributed by atoms with Gasteiger partial charge in [0.2, 0.25) is 0 Å². The van der Waals surface area contributed by atoms with Gasteiger partial charge in [-0.05, 0) is 26.9 Å². The van der Waals surface area contributed by atoms with E-state index < -0.39 is 0 Å². The van der Waals surface area contributed by atoms with Crippen LogP contribution in [0, 0.1) is 0 Å². The van der Waals surface area contributed by atoms with Crippen LogP contribution < -0.4 is 0 Å². The largest absolute Gasteiger partial charge is 0.295 e. The lowest BCUT2D eigenvalue weighted by Gasteiger charge is -2.34. The van der Waals surface area contributed by atoms with E-state index in [1.807, 2.05) is 6.08 Å². The Labute approximate surface area is 76.9 Å². The predicted octanol–water partition coefficient (Wildman–Crippen LogP) is 2.71. The molecular formula is C9H20ClN. The Hall–Kier alpha value is -0.0100. The van der Waals surface area contributed by atoms with Gasteiger partial charge >= 0.3 is 0 Å². The summed E-state index contributed by atoms with van der Waals surface area (Å²) in [6.45, 7) is 14.7. The molecule has 2 heteroatoms. The van der Waals surface area contributed by atoms with Gasteiger partial charge in [-0.25, -0.2) is 0 Å². The van der Waals surface area contributed by atoms with Gasteiger partial charge in [0.15, 0.2) is 0 Å². The van der Waals surface area contributed by atoms with E-state index in [4.69, 9.17) is 0 Å². The molecule has 0 amide bonds. The molecular weight excluding hydrogens is 158 g/mol. The number of nitrogens with zero attached hydrogens (tertiary/aromatic N) is 1. The first-order chi connectivity index (χ1) is 4.58. The summed E-state index contributed by atoms with van der Waals surface area (Å²) in [5.74, 6) is 0. The summed E-state index contributed by atoms with van der Waals surface area (Å²) in [5.41, 5.74) is 0.156. The fourth-order valence-electron chi connectivity index (χ4n) is 1.17. The summed E-state index contributed by atoms with van der Waals surface area (Å²) in [6, 6.07) is 0. The van der Waals surface area contributed by atoms with Gasteiger partial charge < -0.3 is 0 Å². The molecule has 0 saturated heterocycles. The topological polar surface area (TPSA) is 3.24 Å². The first-order valence-corrected chi connectivity index (χ1v) is 3.97. The minimum absolute atomic E-state index is 0. The van der Waals surface area contributed by atoms with Crippen LogP contribution in [-0.2, 0) is 0 Å². The molecule has 0 heterocycles. The Bertz CT molecular complexity index is 106. The summed E-state index contributed by atoms with van der Waals surface area (Å²) in [6.07, 6.45) is 2.00. The lowest BCUT2D eigenvalue weighted by Crippen LogP contribution is -2.41. The Kier molecular flexibility index (Phi) is 6.93. The summed E-state index contributed by atoms with van der Waals surface area (Å²) in [4.78, 5) is 2.38. The van der Waals surface area contributed by atoms with Crippen LogP contribution in [0.2, 0.25) is 0 Å². The summed E-state index contributed by atoms with van der Waals surface area (Å²) < 4.78 is 0. The molecule has 0 aliphatic rings. The molecule has 0 bridgehead atoms. The van der Waals surface area contributed by atoms with E-state index in [1.165, 1.54) is 0 Å². The molecule has 0 aromatic rings. The highest BCUT2D eigenvalue weighted by Gasteiger charge is 2.18. The van der Waals surface area contributed by atoms with Crippen molar-refractivity contribution in [2.24, 2.45) is 0 Å². The lowest BCUT2D eigenvalue weighted by molar-refractivity contribution is 0.181. The predicted molar refractivity (Wildman–Crippen MR) is 54.4 cm³/mol. The van der Waals surface area contributed by atoms with E-state index in [1.54, 1.807) is 0 Å². The average Bonchev–Trinajstić information content (AvgIpc) is 1.90. The molecule has 0 unspecified atom stereocenters. The van der Waals surface area contributed by atoms with E-state index in [2.05, 4.69) is 39.2 Å². The third-order valence-corrected chi connectivity index (χ3v) is 2.08. The SMILES string of the molecule is C=CC(C)(C)N(CC)CC.Cl. The van der Waals surface area contributed by atoms with Crippen molar-refractivity contribution in [3.05, 3.63) is 12.7 Å². The molecule has 0 spiro atoms. The van der Waals surface area contributed by atoms with Crippen molar-refractivity contribution in [2.75, 3.05) is 13.1 Å². The van der Waals surface area contributed by atoms with Gasteiger partial charge in [0, 0.05) is 5.54 Å². The van der Waals surface area contributed by atoms with Crippen LogP contribution in [0.3, 0.4) is 0 Å². The van der Waals surface area contributed by atoms with Crippen LogP contribution in [-0.4, -0.2) is 23.5 Å². The molecule has 0 radical (unpaired) electrons. The Morgan fingerprint density at radius 1 is 1.27 bits per heavy atom. The van der Waals surface area contributed by atoms with Crippen LogP contribution in [0.1, 0.15) is 27.7 Å². The Morgan fingerprint density at radius 2 is 1.64 bits per heavy atom. The zero-order chi connectivity index (χ0) is 8.20. The van der Waals surface area contributed by atoms with Crippen LogP contribution in [0.25, 0.3) is 0 Å². The monoisotopic (exact) mass is 177 g/mol. The van der Waals surface area contributed by atoms with Crippen molar-refractivity contribution in [1.29, 1.82) is 0 Å². The van der Waals surface area contributed by atoms with Crippen LogP contribution in [0.15, 0.2) is 12.7 Å². The maximum Gasteiger partial charge on any atom is 0.0332 e. The van der Waals surface area contributed by atoms with E-state index in [-0.39, 0.29) is 17.9 Å². The highest BCUT2D eigenvalue weighted by atomic mass is 35.5. The zero-order valence-corrected chi connectivity index (χ0v) is 8.87. The minimum Gasteiger partial charge on any atom is -0.295 e. The Balaban J connectivity index is 0. The molecule has 0 fully saturated rings. The molecule has 0 aromatic carbocycles. The summed E-state index contributed by atoms with van der Waals surface area (Å²) >= 11 is 0. The first-order valence-electron chi connectivity index (χ1n) is 3.97. The first kappa shape index (κ1) is 13.6. The fourth-order valence-corrected chi connectivity index (χ4v) is 1.17. The maximum absolute atomic E-state index is 3.81. The minimum atomic E-state index is 0. The van der Waals surface area contributed by atoms with Crippen LogP contribution in [0.4, 0.5) is 0 Å². The standard InChI is InChI=1S/C9H19N.ClH/c1-6-9(4,5)10(7-2)8-3;/h6H,1,7-8H2,2-5H3;1H. The summed E-state index contributed by atoms with van der Waals surface area (Å²) in [5, 5.41) is 0. The van der Waals surface area contributed by atoms with Crippen molar-refractivity contribution in [3.63, 3.8) is 0 Å². The average molecular weight is 178 g/mol. The van der Waals surface area contributed by atoms with Crippen molar-refractivity contribution < 1.29 is 0 Å². The molecule has 0 atom stereocenters. The maximum atomic E-state index is 3.81. The smallest absolute Gasteiger partial charge is 0.0332 e. The second kappa shape index (κ2) is 5.62. The molecule has 0 aliphatic heterocycles. The number of hydrogen-bond acceptors (Lipinski definition) is 1. The van der Waals surface area contributed by atoms with Gasteiger partial charge in [-0.3, -0.25) is 4.90 Å². The quantitative estimate of drug-likeness (QED) is 0.597. The highest BCUT2D eigenvalue weighted by Crippen LogP contribution is 2.13. The Morgan fingerprint density at radius 3 is 1.73 bits per heavy atom. The molecule has 0 N–H and O–H groups in total. The highest BCUT2D eigenvalue weighted by molar-refractivity contribution is 5.85. The number of halogens is 1. The van der Waals surface area contributed by atoms with Crippen molar-refractivity contribution in [3.8, 4) is 0 Å². The molecule has 0 aliphatic carbocycles. The zero-order valence-electron chi connectivity index (χ0n) is 8.05. The van der Waals surface area contributed by atoms with E-state index >= 15 is 0 Å². The van der Waals surface area contributed by atoms with Gasteiger partial charge in [-0.15, -0.1) is 19.0 Å². The molecule has 0 rings (SSSR count). The van der Waals surface area contributed by atoms with Crippen molar-refractivity contribution >= 4 is 12.4 Å². The second-order valence-corrected chi connectivity index (χ2v) is 3.03. The molecule has 0 saturated carbocycles. The number of likely N-dealkylation sites (N-methyl/N-ethyl adjacent to an activating group) is 1. The normalized spacial score (nSPS) is 11.0. The third-order valence-electron chi connectivity index (χ3n) is 2.08. The van der Waals surface area contributed by atoms with Gasteiger partial charge in [0.05, 0.1) is 0 Å². The van der Waals surface area contributed by atoms with E-state index in [0.717, 1.165) is 13.1 Å². The van der Waals surface area contributed by atoms with Crippen molar-refractivity contribution in [1.82, 2.24) is 4.90 Å². The molecule has 1 nitrogen and oxygen atoms in total. The lowest BCUT2D eigenvalue weighted by atomic mass is 10.0. The number of hydrogen-bond donors (Lipinski definition) is 0. The third kappa shape index (κ3) is 3.78. The molecule has 0 aromatic heterocycles. The van der Waals surface area contributed by atoms with Gasteiger partial charge in [0.25, 0.3) is 0 Å². The van der Waals surface area contributed by atoms with Gasteiger partial charge in [-0.2, -0.15) is 0 Å². The van der Waals surface area contributed by atoms with E-state index in [9.17, 15) is 0 Å². The van der Waals surface area contributed by atoms with Crippen LogP contribution >= 0.6 is 12.4 Å². The van der Waals surface area contributed by atoms with Crippen LogP contribution in [0.5, 0.6) is 0 Å². The van der Waals surface area contributed by atoms with Gasteiger partial charge in [0.1, 0.15) is 0 Å². The number of rotatable bonds is 4. The molecule has 11 heavy (non-hydrogen) atoms. The van der Waals surface area contributed by atoms with Crippen molar-refractivity contribution in [2.45, 2.75) is 33.2 Å². The van der Waals surface area contributed by atoms with Gasteiger partial charge in [-0.1, -0.05) is 19.9 Å². The summed E-state index contributed by atoms with van der Waals surface area (Å²) in [7, 11) is 0. The second-order valence-electron chi connectivity index (χ2n) is 3.03.